The van der Waals surface area contributed by atoms with Crippen molar-refractivity contribution >= 4 is 11.6 Å². The summed E-state index contributed by atoms with van der Waals surface area (Å²) in [5, 5.41) is 2.84. The van der Waals surface area contributed by atoms with Gasteiger partial charge < -0.3 is 15.6 Å². The quantitative estimate of drug-likeness (QED) is 0.851. The van der Waals surface area contributed by atoms with Crippen LogP contribution in [0.25, 0.3) is 0 Å². The van der Waals surface area contributed by atoms with Gasteiger partial charge in [-0.25, -0.2) is 4.98 Å². The number of aromatic nitrogens is 2. The molecule has 1 aromatic carbocycles. The molecule has 0 aliphatic rings. The average Bonchev–Trinajstić information content (AvgIpc) is 2.76. The highest BCUT2D eigenvalue weighted by Gasteiger charge is 2.04. The van der Waals surface area contributed by atoms with Crippen molar-refractivity contribution in [2.45, 2.75) is 20.0 Å². The Kier molecular flexibility index (Phi) is 3.74. The van der Waals surface area contributed by atoms with Gasteiger partial charge in [-0.3, -0.25) is 4.79 Å². The third-order valence-corrected chi connectivity index (χ3v) is 2.52. The van der Waals surface area contributed by atoms with Gasteiger partial charge in [0.05, 0.1) is 12.0 Å². The number of benzene rings is 1. The molecular formula is C13H16N4O. The van der Waals surface area contributed by atoms with Crippen LogP contribution in [0.15, 0.2) is 36.8 Å². The number of rotatable bonds is 4. The molecule has 0 atom stereocenters. The lowest BCUT2D eigenvalue weighted by atomic mass is 10.2. The first-order valence-electron chi connectivity index (χ1n) is 5.74. The van der Waals surface area contributed by atoms with E-state index in [-0.39, 0.29) is 12.5 Å². The molecule has 0 fully saturated rings. The van der Waals surface area contributed by atoms with Crippen LogP contribution < -0.4 is 11.1 Å². The topological polar surface area (TPSA) is 72.9 Å². The zero-order chi connectivity index (χ0) is 13.0. The highest BCUT2D eigenvalue weighted by molar-refractivity contribution is 5.90. The predicted molar refractivity (Wildman–Crippen MR) is 69.9 cm³/mol. The van der Waals surface area contributed by atoms with E-state index in [0.717, 1.165) is 16.9 Å². The minimum atomic E-state index is -0.0819. The lowest BCUT2D eigenvalue weighted by Crippen LogP contribution is -2.17. The minimum Gasteiger partial charge on any atom is -0.328 e. The Morgan fingerprint density at radius 3 is 3.00 bits per heavy atom. The lowest BCUT2D eigenvalue weighted by molar-refractivity contribution is -0.116. The van der Waals surface area contributed by atoms with E-state index in [1.807, 2.05) is 31.2 Å². The number of hydrogen-bond donors (Lipinski definition) is 2. The molecule has 94 valence electrons. The van der Waals surface area contributed by atoms with Crippen molar-refractivity contribution in [1.82, 2.24) is 9.55 Å². The number of imidazole rings is 1. The Morgan fingerprint density at radius 1 is 1.50 bits per heavy atom. The fourth-order valence-corrected chi connectivity index (χ4v) is 1.69. The number of aryl methyl sites for hydroxylation is 1. The largest absolute Gasteiger partial charge is 0.328 e. The zero-order valence-corrected chi connectivity index (χ0v) is 10.3. The average molecular weight is 244 g/mol. The summed E-state index contributed by atoms with van der Waals surface area (Å²) >= 11 is 0. The molecule has 0 aliphatic heterocycles. The van der Waals surface area contributed by atoms with Crippen LogP contribution in [0.1, 0.15) is 11.3 Å². The maximum Gasteiger partial charge on any atom is 0.244 e. The summed E-state index contributed by atoms with van der Waals surface area (Å²) in [5.41, 5.74) is 8.15. The van der Waals surface area contributed by atoms with Gasteiger partial charge in [-0.1, -0.05) is 12.1 Å². The number of nitrogens with one attached hydrogen (secondary N) is 1. The number of amides is 1. The third-order valence-electron chi connectivity index (χ3n) is 2.52. The van der Waals surface area contributed by atoms with Gasteiger partial charge in [0, 0.05) is 18.4 Å². The number of nitrogens with two attached hydrogens (primary N) is 1. The second kappa shape index (κ2) is 5.46. The van der Waals surface area contributed by atoms with E-state index in [1.165, 1.54) is 0 Å². The van der Waals surface area contributed by atoms with Gasteiger partial charge in [-0.15, -0.1) is 0 Å². The molecular weight excluding hydrogens is 228 g/mol. The molecule has 5 heteroatoms. The highest BCUT2D eigenvalue weighted by Crippen LogP contribution is 2.09. The molecule has 0 spiro atoms. The van der Waals surface area contributed by atoms with Crippen LogP contribution in [0.5, 0.6) is 0 Å². The molecule has 0 unspecified atom stereocenters. The van der Waals surface area contributed by atoms with Crippen molar-refractivity contribution in [3.05, 3.63) is 48.0 Å². The number of carbonyl (C=O) groups excluding carboxylic acids is 1. The van der Waals surface area contributed by atoms with Crippen LogP contribution in [0.2, 0.25) is 0 Å². The van der Waals surface area contributed by atoms with Gasteiger partial charge in [0.15, 0.2) is 0 Å². The van der Waals surface area contributed by atoms with Crippen LogP contribution in [-0.2, 0) is 17.9 Å². The van der Waals surface area contributed by atoms with Gasteiger partial charge in [0.1, 0.15) is 6.54 Å². The predicted octanol–water partition coefficient (Wildman–Crippen LogP) is 1.29. The first kappa shape index (κ1) is 12.3. The third kappa shape index (κ3) is 3.18. The number of nitrogens with zero attached hydrogens (tertiary/aromatic N) is 2. The van der Waals surface area contributed by atoms with E-state index < -0.39 is 0 Å². The molecule has 1 aromatic heterocycles. The number of carbonyl (C=O) groups is 1. The standard InChI is InChI=1S/C13H16N4O/c1-10-3-2-4-11(5-10)16-13(18)8-17-7-12(6-14)15-9-17/h2-5,7,9H,6,8,14H2,1H3,(H,16,18). The summed E-state index contributed by atoms with van der Waals surface area (Å²) in [6.07, 6.45) is 3.38. The Labute approximate surface area is 106 Å². The molecule has 0 aliphatic carbocycles. The van der Waals surface area contributed by atoms with Crippen molar-refractivity contribution in [3.63, 3.8) is 0 Å². The summed E-state index contributed by atoms with van der Waals surface area (Å²) in [5.74, 6) is -0.0819. The zero-order valence-electron chi connectivity index (χ0n) is 10.3. The number of hydrogen-bond acceptors (Lipinski definition) is 3. The first-order valence-corrected chi connectivity index (χ1v) is 5.74. The molecule has 5 nitrogen and oxygen atoms in total. The summed E-state index contributed by atoms with van der Waals surface area (Å²) in [6, 6.07) is 7.69. The van der Waals surface area contributed by atoms with Crippen molar-refractivity contribution in [2.24, 2.45) is 5.73 Å². The van der Waals surface area contributed by atoms with Crippen molar-refractivity contribution in [2.75, 3.05) is 5.32 Å². The van der Waals surface area contributed by atoms with Crippen molar-refractivity contribution in [1.29, 1.82) is 0 Å². The van der Waals surface area contributed by atoms with Crippen LogP contribution in [0.3, 0.4) is 0 Å². The lowest BCUT2D eigenvalue weighted by Gasteiger charge is -2.06. The number of anilines is 1. The van der Waals surface area contributed by atoms with Crippen LogP contribution >= 0.6 is 0 Å². The maximum absolute atomic E-state index is 11.8. The van der Waals surface area contributed by atoms with Gasteiger partial charge >= 0.3 is 0 Å². The first-order chi connectivity index (χ1) is 8.67. The summed E-state index contributed by atoms with van der Waals surface area (Å²) in [4.78, 5) is 15.9. The molecule has 1 amide bonds. The molecule has 1 heterocycles. The molecule has 0 radical (unpaired) electrons. The summed E-state index contributed by atoms with van der Waals surface area (Å²) < 4.78 is 1.72. The van der Waals surface area contributed by atoms with Crippen LogP contribution in [0, 0.1) is 6.92 Å². The summed E-state index contributed by atoms with van der Waals surface area (Å²) in [7, 11) is 0. The van der Waals surface area contributed by atoms with Crippen molar-refractivity contribution in [3.8, 4) is 0 Å². The molecule has 2 rings (SSSR count). The van der Waals surface area contributed by atoms with Gasteiger partial charge in [0.2, 0.25) is 5.91 Å². The van der Waals surface area contributed by atoms with Crippen LogP contribution in [-0.4, -0.2) is 15.5 Å². The Hall–Kier alpha value is -2.14. The van der Waals surface area contributed by atoms with Gasteiger partial charge in [0.25, 0.3) is 0 Å². The van der Waals surface area contributed by atoms with E-state index >= 15 is 0 Å². The molecule has 3 N–H and O–H groups in total. The van der Waals surface area contributed by atoms with E-state index in [4.69, 9.17) is 5.73 Å². The second-order valence-electron chi connectivity index (χ2n) is 4.16. The van der Waals surface area contributed by atoms with E-state index in [1.54, 1.807) is 17.1 Å². The second-order valence-corrected chi connectivity index (χ2v) is 4.16. The van der Waals surface area contributed by atoms with E-state index in [0.29, 0.717) is 6.54 Å². The fraction of sp³-hybridized carbons (Fsp3) is 0.231. The normalized spacial score (nSPS) is 10.3. The monoisotopic (exact) mass is 244 g/mol. The fourth-order valence-electron chi connectivity index (χ4n) is 1.69. The molecule has 18 heavy (non-hydrogen) atoms. The maximum atomic E-state index is 11.8. The minimum absolute atomic E-state index is 0.0819. The molecule has 0 saturated carbocycles. The molecule has 2 aromatic rings. The van der Waals surface area contributed by atoms with Crippen LogP contribution in [0.4, 0.5) is 5.69 Å². The molecule has 0 saturated heterocycles. The molecule has 0 bridgehead atoms. The summed E-state index contributed by atoms with van der Waals surface area (Å²) in [6.45, 7) is 2.60. The van der Waals surface area contributed by atoms with Crippen molar-refractivity contribution < 1.29 is 4.79 Å². The highest BCUT2D eigenvalue weighted by atomic mass is 16.1. The Bertz CT molecular complexity index is 547. The van der Waals surface area contributed by atoms with E-state index in [2.05, 4.69) is 10.3 Å². The van der Waals surface area contributed by atoms with Gasteiger partial charge in [-0.2, -0.15) is 0 Å². The Morgan fingerprint density at radius 2 is 2.33 bits per heavy atom. The van der Waals surface area contributed by atoms with Gasteiger partial charge in [-0.05, 0) is 24.6 Å². The SMILES string of the molecule is Cc1cccc(NC(=O)Cn2cnc(CN)c2)c1. The smallest absolute Gasteiger partial charge is 0.244 e. The Balaban J connectivity index is 1.96. The van der Waals surface area contributed by atoms with E-state index in [9.17, 15) is 4.79 Å².